The van der Waals surface area contributed by atoms with Crippen molar-refractivity contribution >= 4 is 0 Å². The standard InChI is InChI=1S/C16H26N2O/c1-14-4-3-5-16(12-14)6-7-17-15(2)13-18-8-10-19-11-9-18/h3-5,12,15,17H,6-11,13H2,1-2H3. The van der Waals surface area contributed by atoms with Crippen molar-refractivity contribution in [2.45, 2.75) is 26.3 Å². The normalized spacial score (nSPS) is 18.4. The molecule has 0 aliphatic carbocycles. The number of hydrogen-bond donors (Lipinski definition) is 1. The second kappa shape index (κ2) is 7.63. The van der Waals surface area contributed by atoms with Gasteiger partial charge in [0.15, 0.2) is 0 Å². The molecule has 1 fully saturated rings. The molecule has 1 unspecified atom stereocenters. The molecule has 0 aromatic heterocycles. The van der Waals surface area contributed by atoms with E-state index in [1.165, 1.54) is 11.1 Å². The average Bonchev–Trinajstić information content (AvgIpc) is 2.40. The number of benzene rings is 1. The van der Waals surface area contributed by atoms with Gasteiger partial charge in [-0.1, -0.05) is 29.8 Å². The molecule has 2 rings (SSSR count). The summed E-state index contributed by atoms with van der Waals surface area (Å²) in [5, 5.41) is 3.62. The topological polar surface area (TPSA) is 24.5 Å². The van der Waals surface area contributed by atoms with Crippen LogP contribution in [0.4, 0.5) is 0 Å². The van der Waals surface area contributed by atoms with Gasteiger partial charge in [0, 0.05) is 25.7 Å². The van der Waals surface area contributed by atoms with Crippen LogP contribution in [0.3, 0.4) is 0 Å². The quantitative estimate of drug-likeness (QED) is 0.847. The molecule has 1 aromatic carbocycles. The van der Waals surface area contributed by atoms with Crippen molar-refractivity contribution in [2.24, 2.45) is 0 Å². The van der Waals surface area contributed by atoms with E-state index < -0.39 is 0 Å². The molecule has 1 N–H and O–H groups in total. The van der Waals surface area contributed by atoms with Crippen LogP contribution in [0.1, 0.15) is 18.1 Å². The first-order chi connectivity index (χ1) is 9.24. The number of hydrogen-bond acceptors (Lipinski definition) is 3. The van der Waals surface area contributed by atoms with Crippen molar-refractivity contribution in [2.75, 3.05) is 39.4 Å². The average molecular weight is 262 g/mol. The molecule has 1 heterocycles. The fraction of sp³-hybridized carbons (Fsp3) is 0.625. The summed E-state index contributed by atoms with van der Waals surface area (Å²) < 4.78 is 5.37. The maximum atomic E-state index is 5.37. The van der Waals surface area contributed by atoms with Crippen LogP contribution < -0.4 is 5.32 Å². The van der Waals surface area contributed by atoms with E-state index in [1.807, 2.05) is 0 Å². The van der Waals surface area contributed by atoms with E-state index in [9.17, 15) is 0 Å². The lowest BCUT2D eigenvalue weighted by atomic mass is 10.1. The highest BCUT2D eigenvalue weighted by atomic mass is 16.5. The van der Waals surface area contributed by atoms with Gasteiger partial charge in [0.2, 0.25) is 0 Å². The first-order valence-electron chi connectivity index (χ1n) is 7.33. The number of nitrogens with one attached hydrogen (secondary N) is 1. The largest absolute Gasteiger partial charge is 0.379 e. The van der Waals surface area contributed by atoms with Crippen molar-refractivity contribution in [1.29, 1.82) is 0 Å². The van der Waals surface area contributed by atoms with Crippen LogP contribution in [-0.2, 0) is 11.2 Å². The molecule has 0 saturated carbocycles. The Balaban J connectivity index is 1.64. The SMILES string of the molecule is Cc1cccc(CCNC(C)CN2CCOCC2)c1. The molecule has 1 aliphatic heterocycles. The highest BCUT2D eigenvalue weighted by Gasteiger charge is 2.12. The Labute approximate surface area is 116 Å². The van der Waals surface area contributed by atoms with Crippen LogP contribution in [0.5, 0.6) is 0 Å². The number of aryl methyl sites for hydroxylation is 1. The van der Waals surface area contributed by atoms with E-state index in [1.54, 1.807) is 0 Å². The first kappa shape index (κ1) is 14.5. The van der Waals surface area contributed by atoms with Crippen LogP contribution in [-0.4, -0.2) is 50.3 Å². The van der Waals surface area contributed by atoms with E-state index in [-0.39, 0.29) is 0 Å². The van der Waals surface area contributed by atoms with Crippen molar-refractivity contribution < 1.29 is 4.74 Å². The maximum absolute atomic E-state index is 5.37. The van der Waals surface area contributed by atoms with Gasteiger partial charge in [-0.3, -0.25) is 4.90 Å². The number of ether oxygens (including phenoxy) is 1. The monoisotopic (exact) mass is 262 g/mol. The summed E-state index contributed by atoms with van der Waals surface area (Å²) in [4.78, 5) is 2.48. The predicted molar refractivity (Wildman–Crippen MR) is 79.6 cm³/mol. The van der Waals surface area contributed by atoms with Gasteiger partial charge in [-0.15, -0.1) is 0 Å². The molecule has 1 aliphatic rings. The first-order valence-corrected chi connectivity index (χ1v) is 7.33. The van der Waals surface area contributed by atoms with Gasteiger partial charge in [-0.05, 0) is 32.4 Å². The maximum Gasteiger partial charge on any atom is 0.0594 e. The van der Waals surface area contributed by atoms with Crippen molar-refractivity contribution in [3.05, 3.63) is 35.4 Å². The van der Waals surface area contributed by atoms with Gasteiger partial charge < -0.3 is 10.1 Å². The fourth-order valence-corrected chi connectivity index (χ4v) is 2.57. The summed E-state index contributed by atoms with van der Waals surface area (Å²) in [5.74, 6) is 0. The second-order valence-corrected chi connectivity index (χ2v) is 5.51. The van der Waals surface area contributed by atoms with Gasteiger partial charge in [0.05, 0.1) is 13.2 Å². The van der Waals surface area contributed by atoms with Crippen LogP contribution in [0.2, 0.25) is 0 Å². The third-order valence-corrected chi connectivity index (χ3v) is 3.62. The molecule has 0 amide bonds. The Kier molecular flexibility index (Phi) is 5.83. The van der Waals surface area contributed by atoms with E-state index in [0.717, 1.165) is 45.8 Å². The molecule has 0 radical (unpaired) electrons. The van der Waals surface area contributed by atoms with Gasteiger partial charge in [0.25, 0.3) is 0 Å². The van der Waals surface area contributed by atoms with Crippen LogP contribution in [0.25, 0.3) is 0 Å². The summed E-state index contributed by atoms with van der Waals surface area (Å²) >= 11 is 0. The van der Waals surface area contributed by atoms with Crippen molar-refractivity contribution in [3.63, 3.8) is 0 Å². The molecule has 106 valence electrons. The zero-order chi connectivity index (χ0) is 13.5. The molecular formula is C16H26N2O. The Hall–Kier alpha value is -0.900. The number of nitrogens with zero attached hydrogens (tertiary/aromatic N) is 1. The zero-order valence-corrected chi connectivity index (χ0v) is 12.2. The Morgan fingerprint density at radius 1 is 1.32 bits per heavy atom. The molecule has 1 aromatic rings. The van der Waals surface area contributed by atoms with Crippen molar-refractivity contribution in [3.8, 4) is 0 Å². The molecule has 0 spiro atoms. The predicted octanol–water partition coefficient (Wildman–Crippen LogP) is 1.85. The highest BCUT2D eigenvalue weighted by Crippen LogP contribution is 2.04. The molecule has 1 atom stereocenters. The smallest absolute Gasteiger partial charge is 0.0594 e. The second-order valence-electron chi connectivity index (χ2n) is 5.51. The van der Waals surface area contributed by atoms with Gasteiger partial charge in [0.1, 0.15) is 0 Å². The molecular weight excluding hydrogens is 236 g/mol. The summed E-state index contributed by atoms with van der Waals surface area (Å²) in [6, 6.07) is 9.32. The summed E-state index contributed by atoms with van der Waals surface area (Å²) in [5.41, 5.74) is 2.77. The molecule has 19 heavy (non-hydrogen) atoms. The number of morpholine rings is 1. The summed E-state index contributed by atoms with van der Waals surface area (Å²) in [7, 11) is 0. The van der Waals surface area contributed by atoms with Crippen LogP contribution in [0, 0.1) is 6.92 Å². The van der Waals surface area contributed by atoms with Crippen molar-refractivity contribution in [1.82, 2.24) is 10.2 Å². The highest BCUT2D eigenvalue weighted by molar-refractivity contribution is 5.22. The minimum Gasteiger partial charge on any atom is -0.379 e. The lowest BCUT2D eigenvalue weighted by Crippen LogP contribution is -2.44. The number of rotatable bonds is 6. The molecule has 1 saturated heterocycles. The third kappa shape index (κ3) is 5.31. The van der Waals surface area contributed by atoms with Gasteiger partial charge in [-0.2, -0.15) is 0 Å². The Morgan fingerprint density at radius 3 is 2.84 bits per heavy atom. The summed E-state index contributed by atoms with van der Waals surface area (Å²) in [6.07, 6.45) is 1.11. The minimum absolute atomic E-state index is 0.544. The van der Waals surface area contributed by atoms with E-state index in [0.29, 0.717) is 6.04 Å². The van der Waals surface area contributed by atoms with E-state index in [4.69, 9.17) is 4.74 Å². The van der Waals surface area contributed by atoms with E-state index in [2.05, 4.69) is 48.3 Å². The lowest BCUT2D eigenvalue weighted by Gasteiger charge is -2.29. The molecule has 3 heteroatoms. The van der Waals surface area contributed by atoms with Gasteiger partial charge >= 0.3 is 0 Å². The third-order valence-electron chi connectivity index (χ3n) is 3.62. The van der Waals surface area contributed by atoms with Gasteiger partial charge in [-0.25, -0.2) is 0 Å². The Bertz CT molecular complexity index is 375. The van der Waals surface area contributed by atoms with Crippen LogP contribution in [0.15, 0.2) is 24.3 Å². The lowest BCUT2D eigenvalue weighted by molar-refractivity contribution is 0.0344. The Morgan fingerprint density at radius 2 is 2.11 bits per heavy atom. The minimum atomic E-state index is 0.544. The zero-order valence-electron chi connectivity index (χ0n) is 12.2. The van der Waals surface area contributed by atoms with E-state index >= 15 is 0 Å². The molecule has 0 bridgehead atoms. The molecule has 3 nitrogen and oxygen atoms in total. The summed E-state index contributed by atoms with van der Waals surface area (Å²) in [6.45, 7) is 10.5. The fourth-order valence-electron chi connectivity index (χ4n) is 2.57. The van der Waals surface area contributed by atoms with Crippen LogP contribution >= 0.6 is 0 Å².